The highest BCUT2D eigenvalue weighted by atomic mass is 16.6. The SMILES string of the molecule is COc1cccc(CCNC(=O)[C@H](CC(=O)O)NC(=O)c2c(OC[C@@H](Cc3ccccc3)NC(=O)OC(C)(C)C)ccc3ccccc23)c1. The number of amides is 3. The average molecular weight is 670 g/mol. The number of aliphatic carboxylic acids is 1. The molecule has 0 fully saturated rings. The molecule has 3 amide bonds. The zero-order chi connectivity index (χ0) is 35.4. The summed E-state index contributed by atoms with van der Waals surface area (Å²) in [5, 5.41) is 19.1. The van der Waals surface area contributed by atoms with E-state index in [4.69, 9.17) is 14.2 Å². The Labute approximate surface area is 285 Å². The van der Waals surface area contributed by atoms with Gasteiger partial charge >= 0.3 is 12.1 Å². The van der Waals surface area contributed by atoms with Gasteiger partial charge in [0.25, 0.3) is 5.91 Å². The number of hydrogen-bond donors (Lipinski definition) is 4. The predicted molar refractivity (Wildman–Crippen MR) is 186 cm³/mol. The van der Waals surface area contributed by atoms with Gasteiger partial charge in [0.15, 0.2) is 0 Å². The summed E-state index contributed by atoms with van der Waals surface area (Å²) in [4.78, 5) is 51.6. The summed E-state index contributed by atoms with van der Waals surface area (Å²) in [5.74, 6) is -1.68. The molecule has 11 heteroatoms. The first-order chi connectivity index (χ1) is 23.4. The fourth-order valence-electron chi connectivity index (χ4n) is 5.22. The number of hydrogen-bond acceptors (Lipinski definition) is 7. The monoisotopic (exact) mass is 669 g/mol. The highest BCUT2D eigenvalue weighted by molar-refractivity contribution is 6.10. The number of methoxy groups -OCH3 is 1. The van der Waals surface area contributed by atoms with Gasteiger partial charge in [-0.25, -0.2) is 4.79 Å². The van der Waals surface area contributed by atoms with E-state index in [0.717, 1.165) is 16.5 Å². The maximum atomic E-state index is 13.9. The van der Waals surface area contributed by atoms with E-state index in [1.54, 1.807) is 52.1 Å². The Morgan fingerprint density at radius 2 is 1.55 bits per heavy atom. The number of carboxylic acids is 1. The fraction of sp³-hybridized carbons (Fsp3) is 0.316. The third-order valence-corrected chi connectivity index (χ3v) is 7.45. The molecule has 258 valence electrons. The molecule has 11 nitrogen and oxygen atoms in total. The van der Waals surface area contributed by atoms with E-state index >= 15 is 0 Å². The minimum atomic E-state index is -1.36. The molecule has 0 saturated heterocycles. The largest absolute Gasteiger partial charge is 0.497 e. The fourth-order valence-corrected chi connectivity index (χ4v) is 5.22. The Morgan fingerprint density at radius 3 is 2.27 bits per heavy atom. The molecule has 0 radical (unpaired) electrons. The molecule has 4 rings (SSSR count). The van der Waals surface area contributed by atoms with Crippen LogP contribution in [0.5, 0.6) is 11.5 Å². The van der Waals surface area contributed by atoms with Crippen LogP contribution in [0.15, 0.2) is 91.0 Å². The smallest absolute Gasteiger partial charge is 0.408 e. The maximum Gasteiger partial charge on any atom is 0.408 e. The van der Waals surface area contributed by atoms with Crippen LogP contribution in [0.1, 0.15) is 48.7 Å². The van der Waals surface area contributed by atoms with E-state index in [2.05, 4.69) is 16.0 Å². The van der Waals surface area contributed by atoms with E-state index in [9.17, 15) is 24.3 Å². The number of alkyl carbamates (subject to hydrolysis) is 1. The van der Waals surface area contributed by atoms with Crippen LogP contribution in [0.3, 0.4) is 0 Å². The molecule has 0 heterocycles. The molecule has 0 saturated carbocycles. The molecule has 0 spiro atoms. The van der Waals surface area contributed by atoms with Gasteiger partial charge in [-0.3, -0.25) is 14.4 Å². The first-order valence-corrected chi connectivity index (χ1v) is 16.0. The zero-order valence-corrected chi connectivity index (χ0v) is 28.2. The second kappa shape index (κ2) is 17.0. The van der Waals surface area contributed by atoms with Crippen molar-refractivity contribution in [2.45, 2.75) is 57.7 Å². The minimum Gasteiger partial charge on any atom is -0.497 e. The van der Waals surface area contributed by atoms with E-state index in [1.807, 2.05) is 66.7 Å². The third kappa shape index (κ3) is 11.3. The molecular weight excluding hydrogens is 626 g/mol. The van der Waals surface area contributed by atoms with Gasteiger partial charge in [-0.15, -0.1) is 0 Å². The number of nitrogens with one attached hydrogen (secondary N) is 3. The number of benzene rings is 4. The van der Waals surface area contributed by atoms with Crippen LogP contribution < -0.4 is 25.4 Å². The lowest BCUT2D eigenvalue weighted by Crippen LogP contribution is -2.48. The quantitative estimate of drug-likeness (QED) is 0.133. The maximum absolute atomic E-state index is 13.9. The number of rotatable bonds is 15. The average Bonchev–Trinajstić information content (AvgIpc) is 3.06. The lowest BCUT2D eigenvalue weighted by Gasteiger charge is -2.24. The molecule has 0 unspecified atom stereocenters. The van der Waals surface area contributed by atoms with Crippen LogP contribution in [-0.4, -0.2) is 66.9 Å². The van der Waals surface area contributed by atoms with Crippen molar-refractivity contribution in [2.24, 2.45) is 0 Å². The molecule has 4 aromatic rings. The van der Waals surface area contributed by atoms with Gasteiger partial charge in [0.05, 0.1) is 25.1 Å². The van der Waals surface area contributed by atoms with E-state index in [0.29, 0.717) is 24.0 Å². The van der Waals surface area contributed by atoms with Crippen LogP contribution in [0, 0.1) is 0 Å². The van der Waals surface area contributed by atoms with Crippen molar-refractivity contribution in [3.05, 3.63) is 108 Å². The van der Waals surface area contributed by atoms with Crippen molar-refractivity contribution in [1.82, 2.24) is 16.0 Å². The van der Waals surface area contributed by atoms with E-state index in [1.165, 1.54) is 0 Å². The number of fused-ring (bicyclic) bond motifs is 1. The van der Waals surface area contributed by atoms with Crippen molar-refractivity contribution >= 4 is 34.6 Å². The van der Waals surface area contributed by atoms with Crippen molar-refractivity contribution in [2.75, 3.05) is 20.3 Å². The van der Waals surface area contributed by atoms with Gasteiger partial charge in [-0.2, -0.15) is 0 Å². The third-order valence-electron chi connectivity index (χ3n) is 7.45. The van der Waals surface area contributed by atoms with E-state index < -0.39 is 48.0 Å². The summed E-state index contributed by atoms with van der Waals surface area (Å²) in [6.07, 6.45) is -0.343. The van der Waals surface area contributed by atoms with Gasteiger partial charge in [0.1, 0.15) is 29.7 Å². The molecule has 0 aromatic heterocycles. The lowest BCUT2D eigenvalue weighted by atomic mass is 10.0. The van der Waals surface area contributed by atoms with Crippen molar-refractivity contribution < 1.29 is 38.5 Å². The summed E-state index contributed by atoms with van der Waals surface area (Å²) in [6.45, 7) is 5.51. The summed E-state index contributed by atoms with van der Waals surface area (Å²) >= 11 is 0. The number of carbonyl (C=O) groups excluding carboxylic acids is 3. The number of carboxylic acid groups (broad SMARTS) is 1. The van der Waals surface area contributed by atoms with Crippen molar-refractivity contribution in [1.29, 1.82) is 0 Å². The molecule has 2 atom stereocenters. The van der Waals surface area contributed by atoms with Gasteiger partial charge in [-0.05, 0) is 73.7 Å². The lowest BCUT2D eigenvalue weighted by molar-refractivity contribution is -0.139. The molecule has 4 aromatic carbocycles. The normalized spacial score (nSPS) is 12.3. The van der Waals surface area contributed by atoms with Crippen LogP contribution >= 0.6 is 0 Å². The second-order valence-corrected chi connectivity index (χ2v) is 12.5. The Balaban J connectivity index is 1.54. The van der Waals surface area contributed by atoms with Crippen molar-refractivity contribution in [3.8, 4) is 11.5 Å². The van der Waals surface area contributed by atoms with E-state index in [-0.39, 0.29) is 24.5 Å². The molecule has 49 heavy (non-hydrogen) atoms. The number of carbonyl (C=O) groups is 4. The summed E-state index contributed by atoms with van der Waals surface area (Å²) in [5.41, 5.74) is 1.30. The Hall–Kier alpha value is -5.58. The van der Waals surface area contributed by atoms with Crippen LogP contribution in [0.4, 0.5) is 4.79 Å². The predicted octanol–water partition coefficient (Wildman–Crippen LogP) is 5.30. The summed E-state index contributed by atoms with van der Waals surface area (Å²) < 4.78 is 17.0. The van der Waals surface area contributed by atoms with Crippen LogP contribution in [0.2, 0.25) is 0 Å². The van der Waals surface area contributed by atoms with Crippen molar-refractivity contribution in [3.63, 3.8) is 0 Å². The Bertz CT molecular complexity index is 1750. The Kier molecular flexibility index (Phi) is 12.6. The molecule has 0 aliphatic carbocycles. The minimum absolute atomic E-state index is 0.0178. The van der Waals surface area contributed by atoms with Crippen LogP contribution in [0.25, 0.3) is 10.8 Å². The molecule has 0 bridgehead atoms. The standard InChI is InChI=1S/C38H43N3O8/c1-38(2,3)49-37(46)40-28(21-25-11-6-5-7-12-25)24-48-32-18-17-27-14-8-9-16-30(27)34(32)36(45)41-31(23-33(42)43)35(44)39-20-19-26-13-10-15-29(22-26)47-4/h5-18,22,28,31H,19-21,23-24H2,1-4H3,(H,39,44)(H,40,46)(H,41,45)(H,42,43)/t28-,31+/m1/s1. The molecule has 4 N–H and O–H groups in total. The van der Waals surface area contributed by atoms with Gasteiger partial charge in [0, 0.05) is 6.54 Å². The van der Waals surface area contributed by atoms with Gasteiger partial charge in [0.2, 0.25) is 5.91 Å². The Morgan fingerprint density at radius 1 is 0.837 bits per heavy atom. The summed E-state index contributed by atoms with van der Waals surface area (Å²) in [6, 6.07) is 25.7. The van der Waals surface area contributed by atoms with Gasteiger partial charge < -0.3 is 35.3 Å². The number of ether oxygens (including phenoxy) is 3. The first kappa shape index (κ1) is 36.3. The summed E-state index contributed by atoms with van der Waals surface area (Å²) in [7, 11) is 1.57. The highest BCUT2D eigenvalue weighted by Crippen LogP contribution is 2.29. The highest BCUT2D eigenvalue weighted by Gasteiger charge is 2.27. The first-order valence-electron chi connectivity index (χ1n) is 16.0. The molecule has 0 aliphatic rings. The zero-order valence-electron chi connectivity index (χ0n) is 28.2. The van der Waals surface area contributed by atoms with Crippen LogP contribution in [-0.2, 0) is 27.2 Å². The van der Waals surface area contributed by atoms with Gasteiger partial charge in [-0.1, -0.05) is 72.8 Å². The second-order valence-electron chi connectivity index (χ2n) is 12.5. The molecular formula is C38H43N3O8. The molecule has 0 aliphatic heterocycles. The topological polar surface area (TPSA) is 152 Å².